The summed E-state index contributed by atoms with van der Waals surface area (Å²) in [5.41, 5.74) is 5.45. The molecule has 0 aliphatic carbocycles. The number of hydrogen-bond donors (Lipinski definition) is 2. The van der Waals surface area contributed by atoms with Crippen LogP contribution in [-0.4, -0.2) is 10.9 Å². The van der Waals surface area contributed by atoms with Gasteiger partial charge in [0.2, 0.25) is 5.76 Å². The van der Waals surface area contributed by atoms with Crippen LogP contribution in [0, 0.1) is 0 Å². The highest BCUT2D eigenvalue weighted by Crippen LogP contribution is 2.36. The summed E-state index contributed by atoms with van der Waals surface area (Å²) >= 11 is 0. The number of nitrogens with two attached hydrogens (primary N) is 1. The molecule has 0 unspecified atom stereocenters. The first-order valence-corrected chi connectivity index (χ1v) is 6.39. The SMILES string of the molecule is NNC(=O)c1occ(-c2ccncc2)c1-c1ccccc1. The molecule has 104 valence electrons. The predicted molar refractivity (Wildman–Crippen MR) is 79.0 cm³/mol. The number of nitrogen functional groups attached to an aromatic ring is 1. The molecule has 1 amide bonds. The summed E-state index contributed by atoms with van der Waals surface area (Å²) in [5, 5.41) is 0. The lowest BCUT2D eigenvalue weighted by Gasteiger charge is -2.05. The Morgan fingerprint density at radius 2 is 1.76 bits per heavy atom. The molecule has 0 saturated carbocycles. The van der Waals surface area contributed by atoms with Gasteiger partial charge < -0.3 is 4.42 Å². The van der Waals surface area contributed by atoms with Gasteiger partial charge >= 0.3 is 5.91 Å². The lowest BCUT2D eigenvalue weighted by Crippen LogP contribution is -2.30. The number of aromatic nitrogens is 1. The summed E-state index contributed by atoms with van der Waals surface area (Å²) in [4.78, 5) is 15.9. The predicted octanol–water partition coefficient (Wildman–Crippen LogP) is 2.61. The van der Waals surface area contributed by atoms with Crippen molar-refractivity contribution in [3.63, 3.8) is 0 Å². The Hall–Kier alpha value is -2.92. The summed E-state index contributed by atoms with van der Waals surface area (Å²) in [6, 6.07) is 13.3. The van der Waals surface area contributed by atoms with Crippen LogP contribution in [0.15, 0.2) is 65.5 Å². The van der Waals surface area contributed by atoms with Crippen molar-refractivity contribution in [2.24, 2.45) is 5.84 Å². The largest absolute Gasteiger partial charge is 0.458 e. The quantitative estimate of drug-likeness (QED) is 0.438. The third-order valence-electron chi connectivity index (χ3n) is 3.18. The lowest BCUT2D eigenvalue weighted by molar-refractivity contribution is 0.0927. The fourth-order valence-electron chi connectivity index (χ4n) is 2.23. The van der Waals surface area contributed by atoms with Crippen molar-refractivity contribution in [1.82, 2.24) is 10.4 Å². The standard InChI is InChI=1S/C16H13N3O2/c17-19-16(20)15-14(12-4-2-1-3-5-12)13(10-21-15)11-6-8-18-9-7-11/h1-10H,17H2,(H,19,20). The highest BCUT2D eigenvalue weighted by molar-refractivity contribution is 6.02. The number of rotatable bonds is 3. The number of nitrogens with zero attached hydrogens (tertiary/aromatic N) is 1. The minimum Gasteiger partial charge on any atom is -0.458 e. The average Bonchev–Trinajstić information content (AvgIpc) is 3.00. The van der Waals surface area contributed by atoms with E-state index in [9.17, 15) is 4.79 Å². The lowest BCUT2D eigenvalue weighted by atomic mass is 9.97. The second kappa shape index (κ2) is 5.60. The van der Waals surface area contributed by atoms with Crippen LogP contribution in [0.5, 0.6) is 0 Å². The molecule has 2 aromatic heterocycles. The van der Waals surface area contributed by atoms with Gasteiger partial charge in [0.05, 0.1) is 6.26 Å². The van der Waals surface area contributed by atoms with E-state index >= 15 is 0 Å². The van der Waals surface area contributed by atoms with E-state index < -0.39 is 5.91 Å². The van der Waals surface area contributed by atoms with Gasteiger partial charge in [0.1, 0.15) is 0 Å². The molecule has 3 aromatic rings. The number of pyridine rings is 1. The van der Waals surface area contributed by atoms with E-state index in [1.54, 1.807) is 18.7 Å². The van der Waals surface area contributed by atoms with E-state index in [0.29, 0.717) is 5.56 Å². The molecule has 0 atom stereocenters. The minimum absolute atomic E-state index is 0.190. The Balaban J connectivity index is 2.23. The van der Waals surface area contributed by atoms with E-state index in [1.807, 2.05) is 42.5 Å². The first-order chi connectivity index (χ1) is 10.3. The van der Waals surface area contributed by atoms with Crippen molar-refractivity contribution in [3.05, 3.63) is 66.9 Å². The number of nitrogens with one attached hydrogen (secondary N) is 1. The highest BCUT2D eigenvalue weighted by atomic mass is 16.3. The van der Waals surface area contributed by atoms with Gasteiger partial charge in [-0.05, 0) is 23.3 Å². The number of furan rings is 1. The zero-order chi connectivity index (χ0) is 14.7. The third kappa shape index (κ3) is 2.42. The van der Waals surface area contributed by atoms with Crippen molar-refractivity contribution < 1.29 is 9.21 Å². The summed E-state index contributed by atoms with van der Waals surface area (Å²) in [5.74, 6) is 4.96. The van der Waals surface area contributed by atoms with Gasteiger partial charge in [0, 0.05) is 23.5 Å². The molecule has 1 aromatic carbocycles. The summed E-state index contributed by atoms with van der Waals surface area (Å²) in [6.45, 7) is 0. The van der Waals surface area contributed by atoms with Crippen LogP contribution in [0.25, 0.3) is 22.3 Å². The second-order valence-corrected chi connectivity index (χ2v) is 4.43. The van der Waals surface area contributed by atoms with E-state index in [-0.39, 0.29) is 5.76 Å². The van der Waals surface area contributed by atoms with Crippen LogP contribution < -0.4 is 11.3 Å². The van der Waals surface area contributed by atoms with Crippen LogP contribution in [0.3, 0.4) is 0 Å². The van der Waals surface area contributed by atoms with Crippen molar-refractivity contribution >= 4 is 5.91 Å². The molecule has 21 heavy (non-hydrogen) atoms. The van der Waals surface area contributed by atoms with Crippen molar-refractivity contribution in [3.8, 4) is 22.3 Å². The molecular formula is C16H13N3O2. The fraction of sp³-hybridized carbons (Fsp3) is 0. The molecule has 3 N–H and O–H groups in total. The molecule has 5 nitrogen and oxygen atoms in total. The number of carbonyl (C=O) groups is 1. The monoisotopic (exact) mass is 279 g/mol. The Morgan fingerprint density at radius 1 is 1.05 bits per heavy atom. The van der Waals surface area contributed by atoms with Gasteiger partial charge in [-0.3, -0.25) is 15.2 Å². The summed E-state index contributed by atoms with van der Waals surface area (Å²) in [6.07, 6.45) is 4.95. The molecule has 0 radical (unpaired) electrons. The molecule has 0 saturated heterocycles. The zero-order valence-electron chi connectivity index (χ0n) is 11.1. The van der Waals surface area contributed by atoms with Crippen molar-refractivity contribution in [1.29, 1.82) is 0 Å². The van der Waals surface area contributed by atoms with E-state index in [0.717, 1.165) is 16.7 Å². The maximum atomic E-state index is 11.9. The average molecular weight is 279 g/mol. The third-order valence-corrected chi connectivity index (χ3v) is 3.18. The van der Waals surface area contributed by atoms with Crippen LogP contribution in [0.2, 0.25) is 0 Å². The molecule has 3 rings (SSSR count). The van der Waals surface area contributed by atoms with Gasteiger partial charge in [-0.25, -0.2) is 5.84 Å². The Bertz CT molecular complexity index is 752. The van der Waals surface area contributed by atoms with Gasteiger partial charge in [-0.15, -0.1) is 0 Å². The van der Waals surface area contributed by atoms with Crippen molar-refractivity contribution in [2.45, 2.75) is 0 Å². The number of hydrogen-bond acceptors (Lipinski definition) is 4. The molecule has 0 fully saturated rings. The summed E-state index contributed by atoms with van der Waals surface area (Å²) < 4.78 is 5.44. The smallest absolute Gasteiger partial charge is 0.301 e. The van der Waals surface area contributed by atoms with Crippen LogP contribution in [0.1, 0.15) is 10.6 Å². The van der Waals surface area contributed by atoms with Crippen molar-refractivity contribution in [2.75, 3.05) is 0 Å². The maximum absolute atomic E-state index is 11.9. The van der Waals surface area contributed by atoms with Crippen LogP contribution in [-0.2, 0) is 0 Å². The second-order valence-electron chi connectivity index (χ2n) is 4.43. The molecular weight excluding hydrogens is 266 g/mol. The first kappa shape index (κ1) is 13.1. The Labute approximate surface area is 121 Å². The van der Waals surface area contributed by atoms with Gasteiger partial charge in [-0.2, -0.15) is 0 Å². The molecule has 5 heteroatoms. The molecule has 0 aliphatic rings. The van der Waals surface area contributed by atoms with Crippen LogP contribution in [0.4, 0.5) is 0 Å². The van der Waals surface area contributed by atoms with Crippen LogP contribution >= 0.6 is 0 Å². The van der Waals surface area contributed by atoms with E-state index in [4.69, 9.17) is 10.3 Å². The number of amides is 1. The first-order valence-electron chi connectivity index (χ1n) is 6.39. The molecule has 0 spiro atoms. The normalized spacial score (nSPS) is 10.3. The number of hydrazine groups is 1. The molecule has 0 bridgehead atoms. The van der Waals surface area contributed by atoms with E-state index in [2.05, 4.69) is 10.4 Å². The number of carbonyl (C=O) groups excluding carboxylic acids is 1. The number of benzene rings is 1. The summed E-state index contributed by atoms with van der Waals surface area (Å²) in [7, 11) is 0. The minimum atomic E-state index is -0.464. The maximum Gasteiger partial charge on any atom is 0.301 e. The van der Waals surface area contributed by atoms with Gasteiger partial charge in [-0.1, -0.05) is 30.3 Å². The highest BCUT2D eigenvalue weighted by Gasteiger charge is 2.21. The molecule has 2 heterocycles. The Kier molecular flexibility index (Phi) is 3.49. The van der Waals surface area contributed by atoms with Gasteiger partial charge in [0.25, 0.3) is 0 Å². The van der Waals surface area contributed by atoms with Gasteiger partial charge in [0.15, 0.2) is 0 Å². The topological polar surface area (TPSA) is 81.1 Å². The molecule has 0 aliphatic heterocycles. The zero-order valence-corrected chi connectivity index (χ0v) is 11.1. The Morgan fingerprint density at radius 3 is 2.43 bits per heavy atom. The fourth-order valence-corrected chi connectivity index (χ4v) is 2.23. The van der Waals surface area contributed by atoms with E-state index in [1.165, 1.54) is 0 Å².